The fraction of sp³-hybridized carbons (Fsp3) is 0.889. The highest BCUT2D eigenvalue weighted by Crippen LogP contribution is 2.24. The Bertz CT molecular complexity index is 419. The zero-order valence-electron chi connectivity index (χ0n) is 15.5. The Kier molecular flexibility index (Phi) is 7.34. The fourth-order valence-corrected chi connectivity index (χ4v) is 3.87. The lowest BCUT2D eigenvalue weighted by Crippen LogP contribution is -2.51. The minimum Gasteiger partial charge on any atom is -0.342 e. The average molecular weight is 338 g/mol. The minimum absolute atomic E-state index is 0.0601. The van der Waals surface area contributed by atoms with Gasteiger partial charge in [-0.1, -0.05) is 13.8 Å². The van der Waals surface area contributed by atoms with Crippen LogP contribution in [0.2, 0.25) is 0 Å². The first-order valence-corrected chi connectivity index (χ1v) is 9.55. The number of nitrogens with zero attached hydrogens (tertiary/aromatic N) is 2. The van der Waals surface area contributed by atoms with E-state index < -0.39 is 0 Å². The van der Waals surface area contributed by atoms with Crippen LogP contribution in [0.3, 0.4) is 0 Å². The van der Waals surface area contributed by atoms with Crippen molar-refractivity contribution < 1.29 is 9.59 Å². The molecule has 2 rings (SSSR count). The number of carbonyl (C=O) groups is 2. The smallest absolute Gasteiger partial charge is 0.314 e. The zero-order chi connectivity index (χ0) is 17.5. The SMILES string of the molecule is CCNC(=O)NC[C@H]1CCCN(C2CCN(C(=O)C(C)C)CC2)C1. The number of carbonyl (C=O) groups excluding carboxylic acids is 2. The Morgan fingerprint density at radius 3 is 2.42 bits per heavy atom. The highest BCUT2D eigenvalue weighted by molar-refractivity contribution is 5.78. The number of rotatable bonds is 5. The molecular formula is C18H34N4O2. The van der Waals surface area contributed by atoms with Gasteiger partial charge >= 0.3 is 6.03 Å². The molecule has 2 aliphatic heterocycles. The quantitative estimate of drug-likeness (QED) is 0.801. The molecule has 0 spiro atoms. The molecule has 2 aliphatic rings. The molecule has 0 aromatic rings. The first-order chi connectivity index (χ1) is 11.5. The molecule has 6 nitrogen and oxygen atoms in total. The van der Waals surface area contributed by atoms with Crippen LogP contribution < -0.4 is 10.6 Å². The lowest BCUT2D eigenvalue weighted by atomic mass is 9.93. The predicted octanol–water partition coefficient (Wildman–Crippen LogP) is 1.66. The standard InChI is InChI=1S/C18H34N4O2/c1-4-19-18(24)20-12-15-6-5-9-22(13-15)16-7-10-21(11-8-16)17(23)14(2)3/h14-16H,4-13H2,1-3H3,(H2,19,20,24)/t15-/m1/s1. The average Bonchev–Trinajstić information content (AvgIpc) is 2.60. The van der Waals surface area contributed by atoms with Crippen LogP contribution in [-0.2, 0) is 4.79 Å². The van der Waals surface area contributed by atoms with Crippen LogP contribution in [0.25, 0.3) is 0 Å². The van der Waals surface area contributed by atoms with Crippen LogP contribution in [0.4, 0.5) is 4.79 Å². The van der Waals surface area contributed by atoms with Crippen LogP contribution in [0, 0.1) is 11.8 Å². The second-order valence-electron chi connectivity index (χ2n) is 7.45. The van der Waals surface area contributed by atoms with Crippen molar-refractivity contribution >= 4 is 11.9 Å². The summed E-state index contributed by atoms with van der Waals surface area (Å²) in [6.45, 7) is 11.3. The van der Waals surface area contributed by atoms with Crippen LogP contribution >= 0.6 is 0 Å². The molecule has 1 atom stereocenters. The lowest BCUT2D eigenvalue weighted by Gasteiger charge is -2.42. The Hall–Kier alpha value is -1.30. The van der Waals surface area contributed by atoms with E-state index in [4.69, 9.17) is 0 Å². The van der Waals surface area contributed by atoms with E-state index in [9.17, 15) is 9.59 Å². The topological polar surface area (TPSA) is 64.7 Å². The summed E-state index contributed by atoms with van der Waals surface area (Å²) in [7, 11) is 0. The third-order valence-electron chi connectivity index (χ3n) is 5.23. The van der Waals surface area contributed by atoms with Gasteiger partial charge in [0.2, 0.25) is 5.91 Å². The molecule has 0 aliphatic carbocycles. The van der Waals surface area contributed by atoms with Crippen molar-refractivity contribution in [3.05, 3.63) is 0 Å². The number of amides is 3. The van der Waals surface area contributed by atoms with Gasteiger partial charge in [-0.3, -0.25) is 9.69 Å². The zero-order valence-corrected chi connectivity index (χ0v) is 15.5. The van der Waals surface area contributed by atoms with Gasteiger partial charge in [0, 0.05) is 44.7 Å². The van der Waals surface area contributed by atoms with Gasteiger partial charge in [-0.2, -0.15) is 0 Å². The lowest BCUT2D eigenvalue weighted by molar-refractivity contribution is -0.136. The summed E-state index contributed by atoms with van der Waals surface area (Å²) < 4.78 is 0. The van der Waals surface area contributed by atoms with Crippen LogP contribution in [0.1, 0.15) is 46.5 Å². The number of likely N-dealkylation sites (tertiary alicyclic amines) is 2. The summed E-state index contributed by atoms with van der Waals surface area (Å²) >= 11 is 0. The van der Waals surface area contributed by atoms with Gasteiger partial charge in [0.25, 0.3) is 0 Å². The molecular weight excluding hydrogens is 304 g/mol. The number of piperidine rings is 2. The molecule has 2 saturated heterocycles. The van der Waals surface area contributed by atoms with Crippen molar-refractivity contribution in [1.82, 2.24) is 20.4 Å². The van der Waals surface area contributed by atoms with Gasteiger partial charge in [0.1, 0.15) is 0 Å². The molecule has 0 aromatic heterocycles. The van der Waals surface area contributed by atoms with Gasteiger partial charge in [0.15, 0.2) is 0 Å². The first kappa shape index (κ1) is 19.0. The van der Waals surface area contributed by atoms with E-state index in [1.165, 1.54) is 12.8 Å². The monoisotopic (exact) mass is 338 g/mol. The molecule has 6 heteroatoms. The Morgan fingerprint density at radius 2 is 1.79 bits per heavy atom. The fourth-order valence-electron chi connectivity index (χ4n) is 3.87. The minimum atomic E-state index is -0.0601. The maximum Gasteiger partial charge on any atom is 0.314 e. The van der Waals surface area contributed by atoms with E-state index >= 15 is 0 Å². The number of nitrogens with one attached hydrogen (secondary N) is 2. The van der Waals surface area contributed by atoms with Crippen molar-refractivity contribution in [1.29, 1.82) is 0 Å². The van der Waals surface area contributed by atoms with Crippen LogP contribution in [0.5, 0.6) is 0 Å². The largest absolute Gasteiger partial charge is 0.342 e. The van der Waals surface area contributed by atoms with Crippen LogP contribution in [-0.4, -0.2) is 67.0 Å². The summed E-state index contributed by atoms with van der Waals surface area (Å²) in [5.41, 5.74) is 0. The van der Waals surface area contributed by atoms with Gasteiger partial charge in [-0.15, -0.1) is 0 Å². The summed E-state index contributed by atoms with van der Waals surface area (Å²) in [6, 6.07) is 0.531. The normalized spacial score (nSPS) is 23.3. The van der Waals surface area contributed by atoms with E-state index in [1.807, 2.05) is 25.7 Å². The van der Waals surface area contributed by atoms with Crippen molar-refractivity contribution in [2.45, 2.75) is 52.5 Å². The van der Waals surface area contributed by atoms with E-state index in [1.54, 1.807) is 0 Å². The summed E-state index contributed by atoms with van der Waals surface area (Å²) in [4.78, 5) is 28.3. The molecule has 2 fully saturated rings. The van der Waals surface area contributed by atoms with Crippen molar-refractivity contribution in [2.24, 2.45) is 11.8 Å². The molecule has 0 radical (unpaired) electrons. The number of hydrogen-bond donors (Lipinski definition) is 2. The molecule has 3 amide bonds. The molecule has 0 saturated carbocycles. The van der Waals surface area contributed by atoms with Crippen molar-refractivity contribution in [3.63, 3.8) is 0 Å². The van der Waals surface area contributed by atoms with Gasteiger partial charge in [0.05, 0.1) is 0 Å². The molecule has 2 N–H and O–H groups in total. The molecule has 2 heterocycles. The van der Waals surface area contributed by atoms with Gasteiger partial charge in [-0.25, -0.2) is 4.79 Å². The number of hydrogen-bond acceptors (Lipinski definition) is 3. The number of urea groups is 1. The highest BCUT2D eigenvalue weighted by Gasteiger charge is 2.30. The molecule has 0 aromatic carbocycles. The van der Waals surface area contributed by atoms with E-state index in [0.29, 0.717) is 18.5 Å². The third kappa shape index (κ3) is 5.36. The van der Waals surface area contributed by atoms with Crippen molar-refractivity contribution in [2.75, 3.05) is 39.3 Å². The summed E-state index contributed by atoms with van der Waals surface area (Å²) in [6.07, 6.45) is 4.55. The van der Waals surface area contributed by atoms with E-state index in [2.05, 4.69) is 15.5 Å². The second-order valence-corrected chi connectivity index (χ2v) is 7.45. The molecule has 0 bridgehead atoms. The maximum atomic E-state index is 12.1. The first-order valence-electron chi connectivity index (χ1n) is 9.55. The maximum absolute atomic E-state index is 12.1. The molecule has 138 valence electrons. The van der Waals surface area contributed by atoms with E-state index in [0.717, 1.165) is 45.6 Å². The Balaban J connectivity index is 1.75. The Labute approximate surface area is 146 Å². The van der Waals surface area contributed by atoms with Gasteiger partial charge < -0.3 is 15.5 Å². The van der Waals surface area contributed by atoms with Gasteiger partial charge in [-0.05, 0) is 45.1 Å². The summed E-state index contributed by atoms with van der Waals surface area (Å²) in [5, 5.41) is 5.76. The van der Waals surface area contributed by atoms with Crippen molar-refractivity contribution in [3.8, 4) is 0 Å². The summed E-state index contributed by atoms with van der Waals surface area (Å²) in [5.74, 6) is 0.925. The third-order valence-corrected chi connectivity index (χ3v) is 5.23. The highest BCUT2D eigenvalue weighted by atomic mass is 16.2. The van der Waals surface area contributed by atoms with E-state index in [-0.39, 0.29) is 17.9 Å². The Morgan fingerprint density at radius 1 is 1.08 bits per heavy atom. The van der Waals surface area contributed by atoms with Crippen LogP contribution in [0.15, 0.2) is 0 Å². The molecule has 0 unspecified atom stereocenters. The molecule has 24 heavy (non-hydrogen) atoms. The second kappa shape index (κ2) is 9.25. The predicted molar refractivity (Wildman–Crippen MR) is 95.8 cm³/mol.